The molecule has 8 nitrogen and oxygen atoms in total. The van der Waals surface area contributed by atoms with Gasteiger partial charge < -0.3 is 19.7 Å². The smallest absolute Gasteiger partial charge is 0.348 e. The zero-order chi connectivity index (χ0) is 23.1. The largest absolute Gasteiger partial charge is 0.497 e. The van der Waals surface area contributed by atoms with Crippen molar-refractivity contribution in [2.45, 2.75) is 44.7 Å². The van der Waals surface area contributed by atoms with Crippen LogP contribution in [0, 0.1) is 0 Å². The van der Waals surface area contributed by atoms with Crippen LogP contribution in [-0.2, 0) is 24.2 Å². The fraction of sp³-hybridized carbons (Fsp3) is 0.522. The van der Waals surface area contributed by atoms with E-state index in [1.54, 1.807) is 32.4 Å². The average Bonchev–Trinajstić information content (AvgIpc) is 3.29. The van der Waals surface area contributed by atoms with E-state index in [4.69, 9.17) is 9.47 Å². The number of rotatable bonds is 11. The van der Waals surface area contributed by atoms with E-state index in [9.17, 15) is 9.59 Å². The van der Waals surface area contributed by atoms with E-state index < -0.39 is 0 Å². The van der Waals surface area contributed by atoms with Gasteiger partial charge >= 0.3 is 5.69 Å². The second-order valence-corrected chi connectivity index (χ2v) is 8.52. The Morgan fingerprint density at radius 2 is 2.00 bits per heavy atom. The molecule has 0 bridgehead atoms. The predicted octanol–water partition coefficient (Wildman–Crippen LogP) is 2.82. The highest BCUT2D eigenvalue weighted by atomic mass is 32.2. The number of anilines is 1. The van der Waals surface area contributed by atoms with Crippen molar-refractivity contribution < 1.29 is 14.3 Å². The van der Waals surface area contributed by atoms with Gasteiger partial charge in [-0.05, 0) is 44.5 Å². The van der Waals surface area contributed by atoms with Crippen LogP contribution in [0.25, 0.3) is 0 Å². The van der Waals surface area contributed by atoms with Gasteiger partial charge in [0.05, 0.1) is 25.7 Å². The Bertz CT molecular complexity index is 1000. The lowest BCUT2D eigenvalue weighted by molar-refractivity contribution is -0.113. The minimum Gasteiger partial charge on any atom is -0.497 e. The maximum Gasteiger partial charge on any atom is 0.348 e. The fourth-order valence-corrected chi connectivity index (χ4v) is 4.83. The normalized spacial score (nSPS) is 12.7. The van der Waals surface area contributed by atoms with Crippen LogP contribution in [0.3, 0.4) is 0 Å². The van der Waals surface area contributed by atoms with Crippen LogP contribution in [0.4, 0.5) is 5.69 Å². The van der Waals surface area contributed by atoms with Crippen molar-refractivity contribution in [2.75, 3.05) is 44.9 Å². The van der Waals surface area contributed by atoms with Crippen molar-refractivity contribution in [1.82, 2.24) is 14.5 Å². The molecule has 1 aliphatic carbocycles. The van der Waals surface area contributed by atoms with Crippen molar-refractivity contribution in [1.29, 1.82) is 0 Å². The maximum absolute atomic E-state index is 12.8. The van der Waals surface area contributed by atoms with Crippen LogP contribution in [0.2, 0.25) is 0 Å². The molecule has 1 aliphatic rings. The Labute approximate surface area is 193 Å². The predicted molar refractivity (Wildman–Crippen MR) is 127 cm³/mol. The fourth-order valence-electron chi connectivity index (χ4n) is 3.95. The van der Waals surface area contributed by atoms with Gasteiger partial charge in [0.25, 0.3) is 0 Å². The highest BCUT2D eigenvalue weighted by molar-refractivity contribution is 8.00. The van der Waals surface area contributed by atoms with Gasteiger partial charge in [0.2, 0.25) is 5.91 Å². The quantitative estimate of drug-likeness (QED) is 0.408. The van der Waals surface area contributed by atoms with Crippen molar-refractivity contribution >= 4 is 23.4 Å². The van der Waals surface area contributed by atoms with Gasteiger partial charge in [0, 0.05) is 30.4 Å². The Kier molecular flexibility index (Phi) is 8.58. The molecule has 0 spiro atoms. The number of methoxy groups -OCH3 is 2. The zero-order valence-corrected chi connectivity index (χ0v) is 20.1. The summed E-state index contributed by atoms with van der Waals surface area (Å²) in [5.74, 6) is 1.14. The summed E-state index contributed by atoms with van der Waals surface area (Å²) >= 11 is 1.31. The van der Waals surface area contributed by atoms with Crippen molar-refractivity contribution in [3.8, 4) is 11.5 Å². The number of aromatic nitrogens is 2. The molecule has 1 N–H and O–H groups in total. The molecule has 0 saturated carbocycles. The van der Waals surface area contributed by atoms with E-state index in [0.717, 1.165) is 50.2 Å². The summed E-state index contributed by atoms with van der Waals surface area (Å²) in [5, 5.41) is 3.54. The second kappa shape index (κ2) is 11.4. The number of amides is 1. The Hall–Kier alpha value is -2.52. The molecule has 1 amide bonds. The number of hydrogen-bond donors (Lipinski definition) is 1. The van der Waals surface area contributed by atoms with Gasteiger partial charge in [-0.3, -0.25) is 9.36 Å². The third kappa shape index (κ3) is 5.63. The molecule has 9 heteroatoms. The third-order valence-corrected chi connectivity index (χ3v) is 6.77. The summed E-state index contributed by atoms with van der Waals surface area (Å²) in [4.78, 5) is 32.0. The molecule has 32 heavy (non-hydrogen) atoms. The zero-order valence-electron chi connectivity index (χ0n) is 19.3. The first-order valence-corrected chi connectivity index (χ1v) is 12.0. The molecule has 0 saturated heterocycles. The molecule has 2 aromatic rings. The van der Waals surface area contributed by atoms with E-state index >= 15 is 0 Å². The van der Waals surface area contributed by atoms with Crippen LogP contribution in [0.5, 0.6) is 11.5 Å². The summed E-state index contributed by atoms with van der Waals surface area (Å²) < 4.78 is 12.4. The van der Waals surface area contributed by atoms with E-state index in [0.29, 0.717) is 28.8 Å². The highest BCUT2D eigenvalue weighted by Crippen LogP contribution is 2.31. The number of ether oxygens (including phenoxy) is 2. The minimum atomic E-state index is -0.227. The van der Waals surface area contributed by atoms with Gasteiger partial charge in [-0.15, -0.1) is 0 Å². The van der Waals surface area contributed by atoms with Crippen LogP contribution in [0.15, 0.2) is 28.0 Å². The van der Waals surface area contributed by atoms with Crippen molar-refractivity contribution in [3.05, 3.63) is 39.9 Å². The monoisotopic (exact) mass is 460 g/mol. The number of nitrogens with one attached hydrogen (secondary N) is 1. The third-order valence-electron chi connectivity index (χ3n) is 5.76. The summed E-state index contributed by atoms with van der Waals surface area (Å²) in [6, 6.07) is 5.23. The number of thioether (sulfide) groups is 1. The van der Waals surface area contributed by atoms with Gasteiger partial charge in [-0.2, -0.15) is 4.98 Å². The lowest BCUT2D eigenvalue weighted by Gasteiger charge is -2.20. The van der Waals surface area contributed by atoms with E-state index in [1.807, 2.05) is 4.57 Å². The number of fused-ring (bicyclic) bond motifs is 1. The topological polar surface area (TPSA) is 85.7 Å². The van der Waals surface area contributed by atoms with E-state index in [2.05, 4.69) is 29.0 Å². The molecular weight excluding hydrogens is 428 g/mol. The Morgan fingerprint density at radius 1 is 1.22 bits per heavy atom. The molecule has 0 aliphatic heterocycles. The first-order valence-electron chi connectivity index (χ1n) is 11.0. The number of hydrogen-bond acceptors (Lipinski definition) is 7. The molecule has 3 rings (SSSR count). The lowest BCUT2D eigenvalue weighted by atomic mass is 10.2. The van der Waals surface area contributed by atoms with E-state index in [-0.39, 0.29) is 17.3 Å². The first-order chi connectivity index (χ1) is 15.5. The van der Waals surface area contributed by atoms with Crippen LogP contribution >= 0.6 is 11.8 Å². The summed E-state index contributed by atoms with van der Waals surface area (Å²) in [6.07, 6.45) is 2.78. The van der Waals surface area contributed by atoms with Crippen molar-refractivity contribution in [2.24, 2.45) is 0 Å². The Morgan fingerprint density at radius 3 is 2.69 bits per heavy atom. The number of carbonyl (C=O) groups excluding carboxylic acids is 1. The molecule has 0 atom stereocenters. The average molecular weight is 461 g/mol. The molecule has 1 aromatic carbocycles. The van der Waals surface area contributed by atoms with Gasteiger partial charge in [-0.25, -0.2) is 4.79 Å². The van der Waals surface area contributed by atoms with E-state index in [1.165, 1.54) is 11.8 Å². The SMILES string of the molecule is CCN(CC)CCn1c2c(c(SCC(=O)Nc3cc(OC)ccc3OC)nc1=O)CCC2. The summed E-state index contributed by atoms with van der Waals surface area (Å²) in [5.41, 5.74) is 2.51. The number of carbonyl (C=O) groups is 1. The first kappa shape index (κ1) is 24.1. The number of nitrogens with zero attached hydrogens (tertiary/aromatic N) is 3. The second-order valence-electron chi connectivity index (χ2n) is 7.56. The molecule has 0 radical (unpaired) electrons. The van der Waals surface area contributed by atoms with Crippen LogP contribution in [0.1, 0.15) is 31.5 Å². The summed E-state index contributed by atoms with van der Waals surface area (Å²) in [7, 11) is 3.12. The lowest BCUT2D eigenvalue weighted by Crippen LogP contribution is -2.34. The van der Waals surface area contributed by atoms with Crippen molar-refractivity contribution in [3.63, 3.8) is 0 Å². The molecule has 0 fully saturated rings. The van der Waals surface area contributed by atoms with Crippen LogP contribution < -0.4 is 20.5 Å². The molecule has 1 aromatic heterocycles. The molecule has 1 heterocycles. The standard InChI is InChI=1S/C23H32N4O4S/c1-5-26(6-2)12-13-27-19-9-7-8-17(19)22(25-23(27)29)32-15-21(28)24-18-14-16(30-3)10-11-20(18)31-4/h10-11,14H,5-9,12-13,15H2,1-4H3,(H,24,28). The number of benzene rings is 1. The van der Waals surface area contributed by atoms with Crippen LogP contribution in [-0.4, -0.2) is 60.0 Å². The minimum absolute atomic E-state index is 0.155. The number of likely N-dealkylation sites (N-methyl/N-ethyl adjacent to an activating group) is 1. The summed E-state index contributed by atoms with van der Waals surface area (Å²) in [6.45, 7) is 7.65. The van der Waals surface area contributed by atoms with Gasteiger partial charge in [0.1, 0.15) is 16.5 Å². The van der Waals surface area contributed by atoms with Gasteiger partial charge in [-0.1, -0.05) is 25.6 Å². The molecule has 174 valence electrons. The molecule has 0 unspecified atom stereocenters. The Balaban J connectivity index is 1.71. The molecular formula is C23H32N4O4S. The highest BCUT2D eigenvalue weighted by Gasteiger charge is 2.23. The van der Waals surface area contributed by atoms with Gasteiger partial charge in [0.15, 0.2) is 0 Å². The maximum atomic E-state index is 12.8.